The quantitative estimate of drug-likeness (QED) is 0.776. The van der Waals surface area contributed by atoms with Crippen LogP contribution >= 0.6 is 23.2 Å². The topological polar surface area (TPSA) is 72.4 Å². The Morgan fingerprint density at radius 2 is 1.88 bits per heavy atom. The first-order valence-electron chi connectivity index (χ1n) is 4.62. The van der Waals surface area contributed by atoms with E-state index >= 15 is 0 Å². The number of imide groups is 1. The van der Waals surface area contributed by atoms with Crippen molar-refractivity contribution in [1.82, 2.24) is 9.97 Å². The zero-order valence-corrected chi connectivity index (χ0v) is 10.6. The minimum atomic E-state index is -0.876. The molecule has 6 nitrogen and oxygen atoms in total. The summed E-state index contributed by atoms with van der Waals surface area (Å²) < 4.78 is 4.72. The van der Waals surface area contributed by atoms with E-state index in [1.54, 1.807) is 6.92 Å². The predicted molar refractivity (Wildman–Crippen MR) is 62.2 cm³/mol. The molecule has 0 atom stereocenters. The van der Waals surface area contributed by atoms with Crippen molar-refractivity contribution in [3.63, 3.8) is 0 Å². The maximum absolute atomic E-state index is 11.6. The molecule has 0 aromatic carbocycles. The second-order valence-corrected chi connectivity index (χ2v) is 3.57. The first kappa shape index (κ1) is 13.7. The first-order valence-corrected chi connectivity index (χ1v) is 5.38. The monoisotopic (exact) mass is 277 g/mol. The molecule has 1 aromatic heterocycles. The van der Waals surface area contributed by atoms with Crippen LogP contribution in [0, 0.1) is 0 Å². The van der Waals surface area contributed by atoms with E-state index in [9.17, 15) is 9.59 Å². The van der Waals surface area contributed by atoms with Crippen molar-refractivity contribution in [1.29, 1.82) is 0 Å². The van der Waals surface area contributed by atoms with Gasteiger partial charge in [-0.25, -0.2) is 19.7 Å². The molecule has 0 spiro atoms. The van der Waals surface area contributed by atoms with Crippen LogP contribution in [0.25, 0.3) is 0 Å². The minimum absolute atomic E-state index is 0.0817. The van der Waals surface area contributed by atoms with Crippen molar-refractivity contribution in [2.45, 2.75) is 13.8 Å². The Hall–Kier alpha value is -1.40. The Labute approximate surface area is 107 Å². The van der Waals surface area contributed by atoms with E-state index in [2.05, 4.69) is 9.97 Å². The number of ether oxygens (including phenoxy) is 1. The second-order valence-electron chi connectivity index (χ2n) is 2.86. The van der Waals surface area contributed by atoms with Crippen LogP contribution in [0.5, 0.6) is 0 Å². The van der Waals surface area contributed by atoms with Gasteiger partial charge in [-0.1, -0.05) is 23.2 Å². The molecule has 0 fully saturated rings. The molecular weight excluding hydrogens is 269 g/mol. The van der Waals surface area contributed by atoms with Crippen LogP contribution in [0.1, 0.15) is 13.8 Å². The molecule has 1 rings (SSSR count). The second kappa shape index (κ2) is 5.79. The van der Waals surface area contributed by atoms with Crippen LogP contribution in [0.4, 0.5) is 10.5 Å². The van der Waals surface area contributed by atoms with E-state index in [1.165, 1.54) is 6.92 Å². The summed E-state index contributed by atoms with van der Waals surface area (Å²) in [6.45, 7) is 2.91. The number of anilines is 1. The summed E-state index contributed by atoms with van der Waals surface area (Å²) in [6, 6.07) is 0. The smallest absolute Gasteiger partial charge is 0.421 e. The molecule has 0 aliphatic heterocycles. The average molecular weight is 278 g/mol. The zero-order valence-electron chi connectivity index (χ0n) is 9.11. The van der Waals surface area contributed by atoms with Gasteiger partial charge in [-0.05, 0) is 6.92 Å². The molecule has 0 aliphatic rings. The fourth-order valence-corrected chi connectivity index (χ4v) is 1.57. The van der Waals surface area contributed by atoms with Gasteiger partial charge in [0.15, 0.2) is 10.3 Å². The summed E-state index contributed by atoms with van der Waals surface area (Å²) in [6.07, 6.45) is 0.246. The molecule has 8 heteroatoms. The molecule has 2 amide bonds. The van der Waals surface area contributed by atoms with Gasteiger partial charge in [0.05, 0.1) is 6.61 Å². The Bertz CT molecular complexity index is 433. The molecule has 0 aliphatic carbocycles. The fourth-order valence-electron chi connectivity index (χ4n) is 1.09. The number of nitrogens with zero attached hydrogens (tertiary/aromatic N) is 3. The highest BCUT2D eigenvalue weighted by atomic mass is 35.5. The van der Waals surface area contributed by atoms with Gasteiger partial charge in [0.1, 0.15) is 12.0 Å². The Morgan fingerprint density at radius 3 is 2.29 bits per heavy atom. The molecule has 0 unspecified atom stereocenters. The van der Waals surface area contributed by atoms with E-state index < -0.39 is 12.0 Å². The minimum Gasteiger partial charge on any atom is -0.449 e. The maximum Gasteiger partial charge on any atom is 0.421 e. The summed E-state index contributed by atoms with van der Waals surface area (Å²) in [7, 11) is 0. The normalized spacial score (nSPS) is 9.88. The van der Waals surface area contributed by atoms with Crippen LogP contribution < -0.4 is 4.90 Å². The fraction of sp³-hybridized carbons (Fsp3) is 0.333. The van der Waals surface area contributed by atoms with Crippen LogP contribution in [0.15, 0.2) is 6.33 Å². The standard InChI is InChI=1S/C9H9Cl2N3O3/c1-3-17-9(16)14(5(2)15)6-7(10)12-4-13-8(6)11/h4H,3H2,1-2H3. The number of hydrogen-bond donors (Lipinski definition) is 0. The molecule has 0 radical (unpaired) electrons. The van der Waals surface area contributed by atoms with Crippen molar-refractivity contribution in [2.24, 2.45) is 0 Å². The predicted octanol–water partition coefficient (Wildman–Crippen LogP) is 2.29. The lowest BCUT2D eigenvalue weighted by atomic mass is 10.4. The summed E-state index contributed by atoms with van der Waals surface area (Å²) in [4.78, 5) is 31.0. The number of hydrogen-bond acceptors (Lipinski definition) is 5. The molecule has 92 valence electrons. The Morgan fingerprint density at radius 1 is 1.35 bits per heavy atom. The summed E-state index contributed by atoms with van der Waals surface area (Å²) in [5.74, 6) is -0.595. The van der Waals surface area contributed by atoms with Crippen LogP contribution in [-0.4, -0.2) is 28.6 Å². The van der Waals surface area contributed by atoms with Crippen LogP contribution in [0.3, 0.4) is 0 Å². The number of aromatic nitrogens is 2. The van der Waals surface area contributed by atoms with Crippen LogP contribution in [0.2, 0.25) is 10.3 Å². The number of carbonyl (C=O) groups is 2. The van der Waals surface area contributed by atoms with Crippen molar-refractivity contribution in [2.75, 3.05) is 11.5 Å². The van der Waals surface area contributed by atoms with Crippen molar-refractivity contribution in [3.05, 3.63) is 16.6 Å². The van der Waals surface area contributed by atoms with E-state index in [0.29, 0.717) is 4.90 Å². The van der Waals surface area contributed by atoms with Crippen molar-refractivity contribution in [3.8, 4) is 0 Å². The molecule has 17 heavy (non-hydrogen) atoms. The highest BCUT2D eigenvalue weighted by molar-refractivity contribution is 6.39. The van der Waals surface area contributed by atoms with Gasteiger partial charge in [-0.2, -0.15) is 0 Å². The van der Waals surface area contributed by atoms with Gasteiger partial charge in [0.2, 0.25) is 5.91 Å². The Kier molecular flexibility index (Phi) is 4.65. The summed E-state index contributed by atoms with van der Waals surface area (Å²) in [5.41, 5.74) is -0.0817. The number of halogens is 2. The third-order valence-corrected chi connectivity index (χ3v) is 2.28. The van der Waals surface area contributed by atoms with Gasteiger partial charge in [0, 0.05) is 6.92 Å². The lowest BCUT2D eigenvalue weighted by Gasteiger charge is -2.19. The number of amides is 2. The highest BCUT2D eigenvalue weighted by Crippen LogP contribution is 2.30. The van der Waals surface area contributed by atoms with E-state index in [1.807, 2.05) is 0 Å². The number of rotatable bonds is 2. The maximum atomic E-state index is 11.6. The summed E-state index contributed by atoms with van der Waals surface area (Å²) in [5, 5.41) is -0.207. The SMILES string of the molecule is CCOC(=O)N(C(C)=O)c1c(Cl)ncnc1Cl. The van der Waals surface area contributed by atoms with Crippen molar-refractivity contribution >= 4 is 40.9 Å². The largest absolute Gasteiger partial charge is 0.449 e. The molecule has 1 aromatic rings. The number of carbonyl (C=O) groups excluding carboxylic acids is 2. The highest BCUT2D eigenvalue weighted by Gasteiger charge is 2.27. The average Bonchev–Trinajstić information content (AvgIpc) is 2.23. The summed E-state index contributed by atoms with van der Waals surface area (Å²) >= 11 is 11.6. The lowest BCUT2D eigenvalue weighted by Crippen LogP contribution is -2.36. The molecule has 0 saturated heterocycles. The van der Waals surface area contributed by atoms with Gasteiger partial charge in [0.25, 0.3) is 0 Å². The molecule has 1 heterocycles. The van der Waals surface area contributed by atoms with E-state index in [0.717, 1.165) is 6.33 Å². The van der Waals surface area contributed by atoms with Crippen molar-refractivity contribution < 1.29 is 14.3 Å². The van der Waals surface area contributed by atoms with E-state index in [4.69, 9.17) is 27.9 Å². The van der Waals surface area contributed by atoms with E-state index in [-0.39, 0.29) is 22.6 Å². The van der Waals surface area contributed by atoms with Crippen LogP contribution in [-0.2, 0) is 9.53 Å². The van der Waals surface area contributed by atoms with Gasteiger partial charge in [-0.15, -0.1) is 0 Å². The van der Waals surface area contributed by atoms with Gasteiger partial charge in [-0.3, -0.25) is 4.79 Å². The zero-order chi connectivity index (χ0) is 13.0. The first-order chi connectivity index (χ1) is 7.99. The van der Waals surface area contributed by atoms with Gasteiger partial charge >= 0.3 is 6.09 Å². The van der Waals surface area contributed by atoms with Gasteiger partial charge < -0.3 is 4.74 Å². The molecule has 0 bridgehead atoms. The third-order valence-electron chi connectivity index (χ3n) is 1.72. The lowest BCUT2D eigenvalue weighted by molar-refractivity contribution is -0.116. The molecule has 0 N–H and O–H groups in total. The molecule has 0 saturated carbocycles. The third kappa shape index (κ3) is 3.04. The molecular formula is C9H9Cl2N3O3. The Balaban J connectivity index is 3.23.